The van der Waals surface area contributed by atoms with Gasteiger partial charge in [-0.05, 0) is 13.6 Å². The molecular weight excluding hydrogens is 297 g/mol. The maximum absolute atomic E-state index is 9.17. The molecule has 0 bridgehead atoms. The third kappa shape index (κ3) is 474. The van der Waals surface area contributed by atoms with E-state index >= 15 is 0 Å². The van der Waals surface area contributed by atoms with E-state index in [1.165, 1.54) is 19.9 Å². The van der Waals surface area contributed by atoms with Crippen molar-refractivity contribution in [2.45, 2.75) is 6.92 Å². The van der Waals surface area contributed by atoms with E-state index in [0.29, 0.717) is 13.0 Å². The van der Waals surface area contributed by atoms with Crippen molar-refractivity contribution in [1.29, 1.82) is 0 Å². The molecule has 90 valence electrons. The minimum absolute atomic E-state index is 0. The van der Waals surface area contributed by atoms with E-state index in [2.05, 4.69) is 10.6 Å². The second-order valence-electron chi connectivity index (χ2n) is 1.17. The van der Waals surface area contributed by atoms with E-state index in [-0.39, 0.29) is 32.7 Å². The molecule has 9 heteroatoms. The van der Waals surface area contributed by atoms with Crippen LogP contribution in [0.25, 0.3) is 0 Å². The maximum atomic E-state index is 9.17. The Morgan fingerprint density at radius 2 is 1.62 bits per heavy atom. The van der Waals surface area contributed by atoms with Crippen molar-refractivity contribution in [3.05, 3.63) is 0 Å². The maximum Gasteiger partial charge on any atom is 3.00 e. The fraction of sp³-hybridized carbons (Fsp3) is 0.429. The molecule has 0 atom stereocenters. The van der Waals surface area contributed by atoms with Gasteiger partial charge >= 0.3 is 32.7 Å². The number of amides is 2. The van der Waals surface area contributed by atoms with Gasteiger partial charge in [-0.1, -0.05) is 13.4 Å². The van der Waals surface area contributed by atoms with Crippen LogP contribution in [0.3, 0.4) is 0 Å². The molecule has 16 heavy (non-hydrogen) atoms. The number of rotatable bonds is 3. The fourth-order valence-corrected chi connectivity index (χ4v) is 0.0722. The van der Waals surface area contributed by atoms with Crippen LogP contribution >= 0.6 is 0 Å². The summed E-state index contributed by atoms with van der Waals surface area (Å²) >= 11 is 0. The summed E-state index contributed by atoms with van der Waals surface area (Å²) in [5.74, 6) is 0. The molecule has 0 rings (SSSR count). The Morgan fingerprint density at radius 1 is 1.38 bits per heavy atom. The molecule has 0 aromatic heterocycles. The van der Waals surface area contributed by atoms with E-state index < -0.39 is 6.45 Å². The van der Waals surface area contributed by atoms with Crippen molar-refractivity contribution in [3.8, 4) is 0 Å². The van der Waals surface area contributed by atoms with Gasteiger partial charge in [0, 0.05) is 0 Å². The minimum Gasteiger partial charge on any atom is -0.665 e. The first-order valence-corrected chi connectivity index (χ1v) is 3.32. The molecule has 0 aliphatic rings. The standard InChI is InChI=1S/C3H6NO.C2H4NO.CH2O2.CHO2.Y/c1-2-4-3-5;1-3-2-4;2*2-1-3;/h2H2,1H3,(H,4,5);1H3,(H,3,4);1H,(H,2,3);(H,2,3);/q2*-1;;-1;+3/i;;1D;;. The number of aliphatic hydroxyl groups excluding tert-OH is 1. The molecular formula is C7H13N2O6Y. The summed E-state index contributed by atoms with van der Waals surface area (Å²) < 4.78 is 5.50. The van der Waals surface area contributed by atoms with Gasteiger partial charge in [-0.25, -0.2) is 0 Å². The zero-order valence-electron chi connectivity index (χ0n) is 9.81. The largest absolute Gasteiger partial charge is 3.00 e. The number of nitrogens with one attached hydrogen (secondary N) is 2. The second-order valence-corrected chi connectivity index (χ2v) is 1.17. The number of carboxylic acid groups (broad SMARTS) is 1. The van der Waals surface area contributed by atoms with Crippen LogP contribution < -0.4 is 10.6 Å². The normalized spacial score (nSPS) is 5.75. The van der Waals surface area contributed by atoms with Crippen molar-refractivity contribution >= 4 is 25.7 Å². The van der Waals surface area contributed by atoms with Gasteiger partial charge in [0.05, 0.1) is 0 Å². The summed E-state index contributed by atoms with van der Waals surface area (Å²) in [5.41, 5.74) is 0. The predicted octanol–water partition coefficient (Wildman–Crippen LogP) is -1.75. The van der Waals surface area contributed by atoms with Crippen LogP contribution in [-0.4, -0.2) is 49.5 Å². The van der Waals surface area contributed by atoms with E-state index in [0.717, 1.165) is 0 Å². The van der Waals surface area contributed by atoms with Crippen LogP contribution in [0.2, 0.25) is 0 Å². The number of carbonyl (C=O) groups excluding carboxylic acids is 2. The van der Waals surface area contributed by atoms with Crippen molar-refractivity contribution in [3.63, 3.8) is 0 Å². The third-order valence-electron chi connectivity index (χ3n) is 0.351. The fourth-order valence-electron chi connectivity index (χ4n) is 0.0722. The molecule has 0 saturated heterocycles. The molecule has 0 saturated carbocycles. The first kappa shape index (κ1) is 24.3. The molecule has 0 aromatic carbocycles. The molecule has 0 aliphatic heterocycles. The zero-order chi connectivity index (χ0) is 13.8. The van der Waals surface area contributed by atoms with Crippen LogP contribution in [-0.2, 0) is 51.9 Å². The second kappa shape index (κ2) is 65.8. The van der Waals surface area contributed by atoms with Gasteiger partial charge in [-0.15, -0.1) is 0 Å². The quantitative estimate of drug-likeness (QED) is 0.277. The first-order chi connectivity index (χ1) is 7.47. The molecule has 0 unspecified atom stereocenters. The van der Waals surface area contributed by atoms with Crippen molar-refractivity contribution in [2.24, 2.45) is 0 Å². The SMILES string of the molecule is CCN[C-]=O.CN[C-]=O.O=[C-]O.[2H]C(=O)O.[Y+3]. The van der Waals surface area contributed by atoms with Crippen LogP contribution in [0.15, 0.2) is 0 Å². The molecule has 0 spiro atoms. The van der Waals surface area contributed by atoms with Crippen LogP contribution in [0.4, 0.5) is 0 Å². The van der Waals surface area contributed by atoms with Crippen molar-refractivity contribution < 1.29 is 63.5 Å². The monoisotopic (exact) mass is 311 g/mol. The molecule has 4 N–H and O–H groups in total. The van der Waals surface area contributed by atoms with Gasteiger partial charge in [0.1, 0.15) is 0 Å². The molecule has 2 amide bonds. The van der Waals surface area contributed by atoms with Gasteiger partial charge in [0.15, 0.2) is 1.37 Å². The van der Waals surface area contributed by atoms with E-state index in [1.807, 2.05) is 6.92 Å². The summed E-state index contributed by atoms with van der Waals surface area (Å²) in [6.45, 7) is 3.01. The van der Waals surface area contributed by atoms with Gasteiger partial charge in [-0.3, -0.25) is 4.79 Å². The van der Waals surface area contributed by atoms with Crippen molar-refractivity contribution in [2.75, 3.05) is 13.6 Å². The smallest absolute Gasteiger partial charge is 0.665 e. The average Bonchev–Trinajstić information content (AvgIpc) is 2.20. The summed E-state index contributed by atoms with van der Waals surface area (Å²) in [6, 6.07) is 0. The van der Waals surface area contributed by atoms with Crippen LogP contribution in [0.5, 0.6) is 0 Å². The summed E-state index contributed by atoms with van der Waals surface area (Å²) in [5, 5.41) is 18.3. The molecule has 0 heterocycles. The Labute approximate surface area is 120 Å². The van der Waals surface area contributed by atoms with Gasteiger partial charge in [0.25, 0.3) is 6.45 Å². The molecule has 8 nitrogen and oxygen atoms in total. The van der Waals surface area contributed by atoms with Gasteiger partial charge in [-0.2, -0.15) is 12.8 Å². The predicted molar refractivity (Wildman–Crippen MR) is 51.1 cm³/mol. The Bertz CT molecular complexity index is 168. The van der Waals surface area contributed by atoms with Crippen LogP contribution in [0.1, 0.15) is 8.29 Å². The summed E-state index contributed by atoms with van der Waals surface area (Å²) in [4.78, 5) is 35.0. The molecule has 0 radical (unpaired) electrons. The number of hydrogen-bond donors (Lipinski definition) is 4. The first-order valence-electron chi connectivity index (χ1n) is 3.82. The zero-order valence-corrected chi connectivity index (χ0v) is 11.7. The van der Waals surface area contributed by atoms with E-state index in [1.54, 1.807) is 0 Å². The summed E-state index contributed by atoms with van der Waals surface area (Å²) in [7, 11) is 1.51. The van der Waals surface area contributed by atoms with E-state index in [9.17, 15) is 0 Å². The summed E-state index contributed by atoms with van der Waals surface area (Å²) in [6.07, 6.45) is 1.36. The third-order valence-corrected chi connectivity index (χ3v) is 0.351. The van der Waals surface area contributed by atoms with Gasteiger partial charge < -0.3 is 35.2 Å². The Morgan fingerprint density at radius 3 is 1.62 bits per heavy atom. The average molecular weight is 311 g/mol. The Hall–Kier alpha value is -1.02. The molecule has 0 aromatic rings. The number of carbonyl (C=O) groups is 1. The number of hydrogen-bond acceptors (Lipinski definition) is 4. The van der Waals surface area contributed by atoms with Crippen molar-refractivity contribution in [1.82, 2.24) is 10.6 Å². The Kier molecular flexibility index (Phi) is 99.9. The van der Waals surface area contributed by atoms with Gasteiger partial charge in [0.2, 0.25) is 0 Å². The minimum atomic E-state index is -1.58. The Balaban J connectivity index is -0.0000000375. The molecule has 0 fully saturated rings. The van der Waals surface area contributed by atoms with E-state index in [4.69, 9.17) is 30.8 Å². The topological polar surface area (TPSA) is 133 Å². The molecule has 0 aliphatic carbocycles. The van der Waals surface area contributed by atoms with Crippen LogP contribution in [0, 0.1) is 0 Å².